The molecule has 1 heterocycles. The molecule has 0 bridgehead atoms. The zero-order valence-corrected chi connectivity index (χ0v) is 11.5. The van der Waals surface area contributed by atoms with E-state index in [1.807, 2.05) is 26.0 Å². The molecule has 0 fully saturated rings. The molecule has 0 spiro atoms. The second-order valence-electron chi connectivity index (χ2n) is 5.00. The van der Waals surface area contributed by atoms with Gasteiger partial charge in [0.05, 0.1) is 11.9 Å². The van der Waals surface area contributed by atoms with E-state index >= 15 is 0 Å². The van der Waals surface area contributed by atoms with Crippen LogP contribution in [0, 0.1) is 13.8 Å². The maximum Gasteiger partial charge on any atom is 0.277 e. The Balaban J connectivity index is 2.09. The van der Waals surface area contributed by atoms with E-state index < -0.39 is 0 Å². The standard InChI is InChI=1S/C16H15N3O/c1-11-7-8-12(2)13(9-11)10-19-16(20)14-5-3-4-6-15(14)17-18-19/h3-9H,10H2,1-2H3. The van der Waals surface area contributed by atoms with Crippen molar-refractivity contribution in [3.8, 4) is 0 Å². The lowest BCUT2D eigenvalue weighted by molar-refractivity contribution is 0.599. The van der Waals surface area contributed by atoms with Gasteiger partial charge in [-0.15, -0.1) is 5.10 Å². The number of hydrogen-bond donors (Lipinski definition) is 0. The Kier molecular flexibility index (Phi) is 3.06. The third kappa shape index (κ3) is 2.20. The van der Waals surface area contributed by atoms with E-state index in [2.05, 4.69) is 28.5 Å². The van der Waals surface area contributed by atoms with Gasteiger partial charge in [0.25, 0.3) is 5.56 Å². The maximum atomic E-state index is 12.4. The van der Waals surface area contributed by atoms with Gasteiger partial charge >= 0.3 is 0 Å². The number of fused-ring (bicyclic) bond motifs is 1. The van der Waals surface area contributed by atoms with Crippen molar-refractivity contribution < 1.29 is 0 Å². The summed E-state index contributed by atoms with van der Waals surface area (Å²) in [4.78, 5) is 12.4. The molecule has 3 aromatic rings. The molecule has 0 aliphatic rings. The van der Waals surface area contributed by atoms with Crippen LogP contribution in [0.25, 0.3) is 10.9 Å². The van der Waals surface area contributed by atoms with E-state index in [0.29, 0.717) is 17.4 Å². The number of nitrogens with zero attached hydrogens (tertiary/aromatic N) is 3. The fourth-order valence-corrected chi connectivity index (χ4v) is 2.26. The van der Waals surface area contributed by atoms with Crippen molar-refractivity contribution in [2.45, 2.75) is 20.4 Å². The number of benzene rings is 2. The first-order valence-electron chi connectivity index (χ1n) is 6.54. The quantitative estimate of drug-likeness (QED) is 0.715. The molecule has 0 unspecified atom stereocenters. The Labute approximate surface area is 116 Å². The van der Waals surface area contributed by atoms with Crippen LogP contribution in [0.1, 0.15) is 16.7 Å². The van der Waals surface area contributed by atoms with Crippen molar-refractivity contribution in [3.63, 3.8) is 0 Å². The predicted octanol–water partition coefficient (Wildman–Crippen LogP) is 2.46. The van der Waals surface area contributed by atoms with E-state index in [1.165, 1.54) is 10.2 Å². The first-order valence-corrected chi connectivity index (χ1v) is 6.54. The summed E-state index contributed by atoms with van der Waals surface area (Å²) in [5.41, 5.74) is 3.95. The molecular formula is C16H15N3O. The van der Waals surface area contributed by atoms with Gasteiger partial charge in [0, 0.05) is 0 Å². The van der Waals surface area contributed by atoms with Crippen LogP contribution in [-0.4, -0.2) is 15.0 Å². The highest BCUT2D eigenvalue weighted by Crippen LogP contribution is 2.11. The Morgan fingerprint density at radius 3 is 2.75 bits per heavy atom. The molecule has 4 heteroatoms. The van der Waals surface area contributed by atoms with Crippen LogP contribution in [0.4, 0.5) is 0 Å². The van der Waals surface area contributed by atoms with E-state index in [0.717, 1.165) is 11.1 Å². The van der Waals surface area contributed by atoms with Gasteiger partial charge in [-0.05, 0) is 37.1 Å². The van der Waals surface area contributed by atoms with Gasteiger partial charge < -0.3 is 0 Å². The normalized spacial score (nSPS) is 10.9. The van der Waals surface area contributed by atoms with E-state index in [-0.39, 0.29) is 5.56 Å². The van der Waals surface area contributed by atoms with Crippen molar-refractivity contribution in [3.05, 3.63) is 69.5 Å². The Morgan fingerprint density at radius 1 is 1.10 bits per heavy atom. The molecule has 3 rings (SSSR count). The van der Waals surface area contributed by atoms with Crippen LogP contribution in [0.5, 0.6) is 0 Å². The third-order valence-electron chi connectivity index (χ3n) is 3.45. The van der Waals surface area contributed by atoms with Crippen LogP contribution < -0.4 is 5.56 Å². The van der Waals surface area contributed by atoms with Gasteiger partial charge in [-0.1, -0.05) is 41.1 Å². The SMILES string of the molecule is Cc1ccc(C)c(Cn2nnc3ccccc3c2=O)c1. The van der Waals surface area contributed by atoms with Gasteiger partial charge in [-0.2, -0.15) is 0 Å². The van der Waals surface area contributed by atoms with Crippen LogP contribution in [0.15, 0.2) is 47.3 Å². The lowest BCUT2D eigenvalue weighted by Crippen LogP contribution is -2.25. The molecule has 0 saturated heterocycles. The zero-order valence-electron chi connectivity index (χ0n) is 11.5. The molecule has 0 aliphatic carbocycles. The maximum absolute atomic E-state index is 12.4. The molecule has 100 valence electrons. The minimum atomic E-state index is -0.100. The molecule has 0 saturated carbocycles. The predicted molar refractivity (Wildman–Crippen MR) is 78.8 cm³/mol. The Bertz CT molecular complexity index is 836. The number of aryl methyl sites for hydroxylation is 2. The summed E-state index contributed by atoms with van der Waals surface area (Å²) in [7, 11) is 0. The summed E-state index contributed by atoms with van der Waals surface area (Å²) in [6.07, 6.45) is 0. The highest BCUT2D eigenvalue weighted by molar-refractivity contribution is 5.76. The first-order chi connectivity index (χ1) is 9.65. The molecule has 0 amide bonds. The number of rotatable bonds is 2. The highest BCUT2D eigenvalue weighted by atomic mass is 16.1. The highest BCUT2D eigenvalue weighted by Gasteiger charge is 2.07. The smallest absolute Gasteiger partial charge is 0.267 e. The second-order valence-corrected chi connectivity index (χ2v) is 5.00. The topological polar surface area (TPSA) is 47.8 Å². The molecule has 0 N–H and O–H groups in total. The minimum absolute atomic E-state index is 0.100. The molecule has 20 heavy (non-hydrogen) atoms. The molecular weight excluding hydrogens is 250 g/mol. The molecule has 0 aliphatic heterocycles. The summed E-state index contributed by atoms with van der Waals surface area (Å²) in [5, 5.41) is 8.73. The van der Waals surface area contributed by atoms with Gasteiger partial charge in [0.15, 0.2) is 0 Å². The number of aromatic nitrogens is 3. The van der Waals surface area contributed by atoms with Crippen molar-refractivity contribution in [2.75, 3.05) is 0 Å². The van der Waals surface area contributed by atoms with Gasteiger partial charge in [0.2, 0.25) is 0 Å². The van der Waals surface area contributed by atoms with Gasteiger partial charge in [-0.3, -0.25) is 4.79 Å². The summed E-state index contributed by atoms with van der Waals surface area (Å²) >= 11 is 0. The lowest BCUT2D eigenvalue weighted by Gasteiger charge is -2.08. The van der Waals surface area contributed by atoms with Crippen molar-refractivity contribution >= 4 is 10.9 Å². The Morgan fingerprint density at radius 2 is 1.90 bits per heavy atom. The van der Waals surface area contributed by atoms with Crippen molar-refractivity contribution in [1.29, 1.82) is 0 Å². The Hall–Kier alpha value is -2.49. The van der Waals surface area contributed by atoms with E-state index in [9.17, 15) is 4.79 Å². The van der Waals surface area contributed by atoms with Crippen LogP contribution in [0.2, 0.25) is 0 Å². The average molecular weight is 265 g/mol. The minimum Gasteiger partial charge on any atom is -0.267 e. The van der Waals surface area contributed by atoms with Gasteiger partial charge in [-0.25, -0.2) is 4.68 Å². The van der Waals surface area contributed by atoms with Crippen LogP contribution in [-0.2, 0) is 6.54 Å². The molecule has 2 aromatic carbocycles. The first kappa shape index (κ1) is 12.5. The third-order valence-corrected chi connectivity index (χ3v) is 3.45. The van der Waals surface area contributed by atoms with Crippen molar-refractivity contribution in [2.24, 2.45) is 0 Å². The summed E-state index contributed by atoms with van der Waals surface area (Å²) in [6, 6.07) is 13.5. The monoisotopic (exact) mass is 265 g/mol. The molecule has 4 nitrogen and oxygen atoms in total. The van der Waals surface area contributed by atoms with Gasteiger partial charge in [0.1, 0.15) is 5.52 Å². The van der Waals surface area contributed by atoms with Crippen LogP contribution in [0.3, 0.4) is 0 Å². The largest absolute Gasteiger partial charge is 0.277 e. The van der Waals surface area contributed by atoms with Crippen LogP contribution >= 0.6 is 0 Å². The lowest BCUT2D eigenvalue weighted by atomic mass is 10.1. The molecule has 1 aromatic heterocycles. The zero-order chi connectivity index (χ0) is 14.1. The number of hydrogen-bond acceptors (Lipinski definition) is 3. The summed E-state index contributed by atoms with van der Waals surface area (Å²) < 4.78 is 1.42. The molecule has 0 atom stereocenters. The summed E-state index contributed by atoms with van der Waals surface area (Å²) in [5.74, 6) is 0. The van der Waals surface area contributed by atoms with E-state index in [4.69, 9.17) is 0 Å². The fraction of sp³-hybridized carbons (Fsp3) is 0.188. The molecule has 0 radical (unpaired) electrons. The second kappa shape index (κ2) is 4.89. The van der Waals surface area contributed by atoms with Crippen molar-refractivity contribution in [1.82, 2.24) is 15.0 Å². The summed E-state index contributed by atoms with van der Waals surface area (Å²) in [6.45, 7) is 4.52. The fourth-order valence-electron chi connectivity index (χ4n) is 2.26. The van der Waals surface area contributed by atoms with E-state index in [1.54, 1.807) is 12.1 Å². The average Bonchev–Trinajstić information content (AvgIpc) is 2.46.